The number of halogens is 4. The van der Waals surface area contributed by atoms with Crippen LogP contribution in [0.15, 0.2) is 60.9 Å². The lowest BCUT2D eigenvalue weighted by molar-refractivity contribution is -0.274. The van der Waals surface area contributed by atoms with Gasteiger partial charge in [0.05, 0.1) is 41.3 Å². The SMILES string of the molecule is COC(=O)NC(C(=O)N1C2CCC(C2)C1c1ncc(-c2ccc(-c3cc(Cl)c(NC(=O)c4ccc(N5CCN(C(=O)C(C)(C)C)CC5C)nc4)cc3OC(F)(F)F)cc2)[nH]1)C1CCOCC1. The van der Waals surface area contributed by atoms with Gasteiger partial charge in [-0.2, -0.15) is 0 Å². The number of carbonyl (C=O) groups is 4. The van der Waals surface area contributed by atoms with Gasteiger partial charge in [-0.1, -0.05) is 56.6 Å². The van der Waals surface area contributed by atoms with Crippen LogP contribution in [-0.4, -0.2) is 113 Å². The number of rotatable bonds is 10. The summed E-state index contributed by atoms with van der Waals surface area (Å²) >= 11 is 6.63. The number of pyridine rings is 1. The van der Waals surface area contributed by atoms with Crippen LogP contribution in [0.25, 0.3) is 22.4 Å². The Morgan fingerprint density at radius 2 is 1.67 bits per heavy atom. The van der Waals surface area contributed by atoms with E-state index in [4.69, 9.17) is 26.1 Å². The molecule has 2 bridgehead atoms. The highest BCUT2D eigenvalue weighted by molar-refractivity contribution is 6.34. The molecule has 3 aliphatic heterocycles. The Morgan fingerprint density at radius 1 is 0.939 bits per heavy atom. The molecule has 4 aliphatic rings. The number of benzene rings is 2. The molecule has 19 heteroatoms. The summed E-state index contributed by atoms with van der Waals surface area (Å²) in [4.78, 5) is 71.4. The second-order valence-electron chi connectivity index (χ2n) is 18.5. The van der Waals surface area contributed by atoms with Gasteiger partial charge in [0.15, 0.2) is 0 Å². The van der Waals surface area contributed by atoms with Crippen molar-refractivity contribution in [2.45, 2.75) is 90.3 Å². The molecule has 5 heterocycles. The van der Waals surface area contributed by atoms with Crippen LogP contribution in [0.5, 0.6) is 5.75 Å². The number of anilines is 2. The summed E-state index contributed by atoms with van der Waals surface area (Å²) in [6.07, 6.45) is 1.16. The first-order valence-electron chi connectivity index (χ1n) is 22.2. The molecule has 352 valence electrons. The largest absolute Gasteiger partial charge is 0.573 e. The van der Waals surface area contributed by atoms with Crippen LogP contribution in [-0.2, 0) is 19.1 Å². The number of carbonyl (C=O) groups excluding carboxylic acids is 4. The van der Waals surface area contributed by atoms with Crippen LogP contribution in [0.4, 0.5) is 29.5 Å². The van der Waals surface area contributed by atoms with Crippen LogP contribution in [0.3, 0.4) is 0 Å². The van der Waals surface area contributed by atoms with E-state index < -0.39 is 35.6 Å². The van der Waals surface area contributed by atoms with Gasteiger partial charge < -0.3 is 44.5 Å². The third kappa shape index (κ3) is 9.94. The normalized spacial score (nSPS) is 21.7. The highest BCUT2D eigenvalue weighted by atomic mass is 35.5. The molecule has 1 aliphatic carbocycles. The minimum absolute atomic E-state index is 0.000239. The molecular weight excluding hydrogens is 881 g/mol. The molecule has 4 fully saturated rings. The van der Waals surface area contributed by atoms with E-state index in [1.54, 1.807) is 42.6 Å². The molecule has 1 saturated carbocycles. The zero-order valence-corrected chi connectivity index (χ0v) is 38.2. The van der Waals surface area contributed by atoms with Crippen molar-refractivity contribution in [3.8, 4) is 28.1 Å². The second kappa shape index (κ2) is 18.8. The summed E-state index contributed by atoms with van der Waals surface area (Å²) in [6.45, 7) is 10.3. The van der Waals surface area contributed by atoms with Crippen LogP contribution in [0, 0.1) is 17.3 Å². The lowest BCUT2D eigenvalue weighted by atomic mass is 9.89. The number of alkyl halides is 3. The Kier molecular flexibility index (Phi) is 13.3. The Hall–Kier alpha value is -5.88. The number of hydrogen-bond donors (Lipinski definition) is 3. The first-order valence-corrected chi connectivity index (χ1v) is 22.6. The molecule has 0 spiro atoms. The maximum Gasteiger partial charge on any atom is 0.573 e. The fraction of sp³-hybridized carbons (Fsp3) is 0.489. The van der Waals surface area contributed by atoms with Crippen molar-refractivity contribution in [3.05, 3.63) is 77.3 Å². The van der Waals surface area contributed by atoms with Crippen molar-refractivity contribution in [3.63, 3.8) is 0 Å². The summed E-state index contributed by atoms with van der Waals surface area (Å²) in [5.74, 6) is -0.0369. The molecule has 3 N–H and O–H groups in total. The number of piperidine rings is 1. The van der Waals surface area contributed by atoms with E-state index in [1.807, 2.05) is 37.5 Å². The molecule has 2 aromatic carbocycles. The average molecular weight is 935 g/mol. The third-order valence-corrected chi connectivity index (χ3v) is 13.4. The zero-order valence-electron chi connectivity index (χ0n) is 37.4. The summed E-state index contributed by atoms with van der Waals surface area (Å²) < 4.78 is 56.4. The Balaban J connectivity index is 0.973. The molecule has 15 nitrogen and oxygen atoms in total. The number of alkyl carbamates (subject to hydrolysis) is 1. The van der Waals surface area contributed by atoms with Crippen molar-refractivity contribution in [1.29, 1.82) is 0 Å². The van der Waals surface area contributed by atoms with Crippen LogP contribution in [0.2, 0.25) is 5.02 Å². The maximum absolute atomic E-state index is 14.4. The number of fused-ring (bicyclic) bond motifs is 2. The lowest BCUT2D eigenvalue weighted by Crippen LogP contribution is -2.56. The molecule has 66 heavy (non-hydrogen) atoms. The van der Waals surface area contributed by atoms with Crippen LogP contribution >= 0.6 is 11.6 Å². The highest BCUT2D eigenvalue weighted by Crippen LogP contribution is 2.50. The van der Waals surface area contributed by atoms with E-state index >= 15 is 0 Å². The van der Waals surface area contributed by atoms with Crippen molar-refractivity contribution >= 4 is 46.9 Å². The van der Waals surface area contributed by atoms with Crippen molar-refractivity contribution < 1.29 is 46.6 Å². The number of ether oxygens (including phenoxy) is 3. The van der Waals surface area contributed by atoms with E-state index in [2.05, 4.69) is 30.2 Å². The maximum atomic E-state index is 14.4. The molecule has 5 atom stereocenters. The lowest BCUT2D eigenvalue weighted by Gasteiger charge is -2.42. The Morgan fingerprint density at radius 3 is 2.32 bits per heavy atom. The van der Waals surface area contributed by atoms with Crippen molar-refractivity contribution in [1.82, 2.24) is 30.1 Å². The molecular formula is C47H54ClF3N8O7. The predicted octanol–water partition coefficient (Wildman–Crippen LogP) is 8.23. The van der Waals surface area contributed by atoms with E-state index in [1.165, 1.54) is 19.4 Å². The number of nitrogens with zero attached hydrogens (tertiary/aromatic N) is 5. The molecule has 4 aromatic rings. The van der Waals surface area contributed by atoms with Gasteiger partial charge in [-0.25, -0.2) is 14.8 Å². The summed E-state index contributed by atoms with van der Waals surface area (Å²) in [7, 11) is 1.27. The predicted molar refractivity (Wildman–Crippen MR) is 240 cm³/mol. The van der Waals surface area contributed by atoms with E-state index in [0.717, 1.165) is 25.3 Å². The number of H-pyrrole nitrogens is 1. The fourth-order valence-electron chi connectivity index (χ4n) is 9.82. The van der Waals surface area contributed by atoms with Gasteiger partial charge in [-0.05, 0) is 80.2 Å². The summed E-state index contributed by atoms with van der Waals surface area (Å²) in [6, 6.07) is 11.2. The molecule has 8 rings (SSSR count). The number of nitrogens with one attached hydrogen (secondary N) is 3. The van der Waals surface area contributed by atoms with Gasteiger partial charge >= 0.3 is 12.5 Å². The van der Waals surface area contributed by atoms with Crippen molar-refractivity contribution in [2.24, 2.45) is 17.3 Å². The number of amides is 4. The van der Waals surface area contributed by atoms with E-state index in [9.17, 15) is 32.3 Å². The van der Waals surface area contributed by atoms with Gasteiger partial charge in [-0.3, -0.25) is 14.4 Å². The summed E-state index contributed by atoms with van der Waals surface area (Å²) in [5.41, 5.74) is 1.27. The van der Waals surface area contributed by atoms with Gasteiger partial charge in [0.2, 0.25) is 11.8 Å². The Bertz CT molecular complexity index is 2440. The monoisotopic (exact) mass is 934 g/mol. The average Bonchev–Trinajstić information content (AvgIpc) is 4.06. The smallest absolute Gasteiger partial charge is 0.453 e. The number of methoxy groups -OCH3 is 1. The quantitative estimate of drug-likeness (QED) is 0.141. The fourth-order valence-corrected chi connectivity index (χ4v) is 10.0. The van der Waals surface area contributed by atoms with E-state index in [0.29, 0.717) is 74.2 Å². The van der Waals surface area contributed by atoms with Gasteiger partial charge in [0.25, 0.3) is 5.91 Å². The first-order chi connectivity index (χ1) is 31.4. The number of aromatic amines is 1. The molecule has 4 amide bonds. The van der Waals surface area contributed by atoms with Gasteiger partial charge in [-0.15, -0.1) is 13.2 Å². The van der Waals surface area contributed by atoms with Gasteiger partial charge in [0, 0.05) is 68.2 Å². The number of piperazine rings is 1. The number of likely N-dealkylation sites (tertiary alicyclic amines) is 1. The highest BCUT2D eigenvalue weighted by Gasteiger charge is 2.52. The Labute approximate surface area is 385 Å². The molecule has 2 aromatic heterocycles. The number of hydrogen-bond acceptors (Lipinski definition) is 10. The minimum atomic E-state index is -5.06. The summed E-state index contributed by atoms with van der Waals surface area (Å²) in [5, 5.41) is 5.38. The second-order valence-corrected chi connectivity index (χ2v) is 18.9. The topological polar surface area (TPSA) is 171 Å². The third-order valence-electron chi connectivity index (χ3n) is 13.1. The van der Waals surface area contributed by atoms with Crippen molar-refractivity contribution in [2.75, 3.05) is 50.2 Å². The van der Waals surface area contributed by atoms with Crippen LogP contribution < -0.4 is 20.3 Å². The van der Waals surface area contributed by atoms with Gasteiger partial charge in [0.1, 0.15) is 23.4 Å². The molecule has 3 saturated heterocycles. The van der Waals surface area contributed by atoms with Crippen LogP contribution in [0.1, 0.15) is 82.0 Å². The number of imidazole rings is 1. The van der Waals surface area contributed by atoms with E-state index in [-0.39, 0.29) is 63.6 Å². The standard InChI is InChI=1S/C47H54ClF3N8O7/c1-26-25-57(44(62)46(2,3)4)16-17-58(26)38-13-11-31(23-52-38)42(60)55-35-22-37(66-47(49,50)51)33(21-34(35)48)27-6-8-28(9-7-27)36-24-53-41(54-36)40-30-10-12-32(20-30)59(40)43(61)39(56-45(63)64-5)29-14-18-65-19-15-29/h6-9,11,13,21-24,26,29-30,32,39-40H,10,12,14-20,25H2,1-5H3,(H,53,54)(H,55,60)(H,56,63). The molecule has 5 unspecified atom stereocenters. The zero-order chi connectivity index (χ0) is 47.1. The molecule has 0 radical (unpaired) electrons. The number of aromatic nitrogens is 3. The first kappa shape index (κ1) is 46.6. The minimum Gasteiger partial charge on any atom is -0.453 e.